The number of furan rings is 1. The summed E-state index contributed by atoms with van der Waals surface area (Å²) in [6.45, 7) is 18.9. The topological polar surface area (TPSA) is 19.6 Å². The molecule has 0 atom stereocenters. The lowest BCUT2D eigenvalue weighted by Gasteiger charge is -2.46. The van der Waals surface area contributed by atoms with Gasteiger partial charge < -0.3 is 14.1 Å². The minimum atomic E-state index is -0.149. The Morgan fingerprint density at radius 2 is 1.23 bits per heavy atom. The smallest absolute Gasteiger partial charge is 0.343 e. The van der Waals surface area contributed by atoms with E-state index in [1.807, 2.05) is 22.7 Å². The van der Waals surface area contributed by atoms with Gasteiger partial charge >= 0.3 is 6.85 Å². The highest BCUT2D eigenvalue weighted by Crippen LogP contribution is 2.56. The number of para-hydroxylation sites is 1. The lowest BCUT2D eigenvalue weighted by Crippen LogP contribution is -2.60. The Hall–Kier alpha value is -6.60. The largest absolute Gasteiger partial charge is 0.454 e. The third-order valence-corrected chi connectivity index (χ3v) is 18.5. The molecule has 69 heavy (non-hydrogen) atoms. The summed E-state index contributed by atoms with van der Waals surface area (Å²) in [6, 6.07) is 57.8. The van der Waals surface area contributed by atoms with Crippen LogP contribution in [0.25, 0.3) is 74.5 Å². The van der Waals surface area contributed by atoms with Crippen molar-refractivity contribution in [3.8, 4) is 22.3 Å². The quantitative estimate of drug-likeness (QED) is 0.165. The van der Waals surface area contributed by atoms with Crippen molar-refractivity contribution in [3.63, 3.8) is 0 Å². The predicted octanol–water partition coefficient (Wildman–Crippen LogP) is 17.5. The molecule has 6 heteroatoms. The standard InChI is InChI=1S/C63H53BN2OS2/c1-36-30-48-49(63(7,8)29-28-62(48,5)6)34-50(36)65-57-43-27-22-38(37-16-10-9-11-17-37)31-54(43)69-60(57)64-56-46(33-47-41-18-12-14-20-52(41)67-59(47)58(56)65)44-32-45-42-19-13-15-21-53(42)68-55(45)35-51(44)66(64)40-25-23-39(24-26-40)61(2,3)4/h9-27,30-35H,28-29H2,1-8H3. The Bertz CT molecular complexity index is 3980. The highest BCUT2D eigenvalue weighted by atomic mass is 32.1. The summed E-state index contributed by atoms with van der Waals surface area (Å²) in [6.07, 6.45) is 2.32. The first kappa shape index (κ1) is 41.4. The van der Waals surface area contributed by atoms with Gasteiger partial charge in [0, 0.05) is 68.4 Å². The van der Waals surface area contributed by atoms with E-state index in [4.69, 9.17) is 4.42 Å². The Morgan fingerprint density at radius 3 is 2.00 bits per heavy atom. The van der Waals surface area contributed by atoms with E-state index in [1.54, 1.807) is 0 Å². The fourth-order valence-corrected chi connectivity index (χ4v) is 14.8. The van der Waals surface area contributed by atoms with Gasteiger partial charge in [0.25, 0.3) is 0 Å². The van der Waals surface area contributed by atoms with E-state index < -0.39 is 0 Å². The monoisotopic (exact) mass is 928 g/mol. The number of aryl methyl sites for hydroxylation is 1. The second-order valence-electron chi connectivity index (χ2n) is 22.4. The molecule has 0 fully saturated rings. The molecule has 5 heterocycles. The number of fused-ring (bicyclic) bond motifs is 14. The SMILES string of the molecule is Cc1cc2c(cc1N1c3c(sc4cc(-c5ccccc5)ccc34)B3c4c(cc5c(oc6ccccc65)c41)-c1cc4c(cc1N3c1ccc(C(C)(C)C)cc1)sc1ccccc14)C(C)(C)CCC2(C)C. The van der Waals surface area contributed by atoms with E-state index in [1.165, 1.54) is 114 Å². The first-order chi connectivity index (χ1) is 33.2. The molecule has 0 bridgehead atoms. The van der Waals surface area contributed by atoms with Crippen molar-refractivity contribution in [2.24, 2.45) is 0 Å². The van der Waals surface area contributed by atoms with Crippen molar-refractivity contribution < 1.29 is 4.42 Å². The molecule has 0 N–H and O–H groups in total. The molecule has 14 rings (SSSR count). The highest BCUT2D eigenvalue weighted by molar-refractivity contribution is 7.32. The number of benzene rings is 8. The van der Waals surface area contributed by atoms with Gasteiger partial charge in [-0.1, -0.05) is 146 Å². The van der Waals surface area contributed by atoms with Crippen LogP contribution in [-0.2, 0) is 16.2 Å². The van der Waals surface area contributed by atoms with Crippen molar-refractivity contribution in [2.45, 2.75) is 84.5 Å². The Balaban J connectivity index is 1.17. The molecule has 0 saturated heterocycles. The molecule has 3 aliphatic rings. The van der Waals surface area contributed by atoms with Crippen LogP contribution in [0.4, 0.5) is 28.4 Å². The van der Waals surface area contributed by atoms with Crippen LogP contribution in [0.15, 0.2) is 156 Å². The normalized spacial score (nSPS) is 15.9. The number of anilines is 5. The van der Waals surface area contributed by atoms with Crippen LogP contribution in [0.3, 0.4) is 0 Å². The maximum atomic E-state index is 7.32. The van der Waals surface area contributed by atoms with Crippen LogP contribution >= 0.6 is 22.7 Å². The zero-order valence-electron chi connectivity index (χ0n) is 40.5. The summed E-state index contributed by atoms with van der Waals surface area (Å²) in [7, 11) is 0. The molecule has 0 amide bonds. The van der Waals surface area contributed by atoms with Crippen molar-refractivity contribution in [1.82, 2.24) is 0 Å². The molecule has 8 aromatic carbocycles. The van der Waals surface area contributed by atoms with Crippen LogP contribution < -0.4 is 20.0 Å². The van der Waals surface area contributed by atoms with E-state index in [0.29, 0.717) is 0 Å². The van der Waals surface area contributed by atoms with Crippen molar-refractivity contribution in [2.75, 3.05) is 9.71 Å². The summed E-state index contributed by atoms with van der Waals surface area (Å²) in [4.78, 5) is 5.37. The van der Waals surface area contributed by atoms with Gasteiger partial charge in [-0.2, -0.15) is 0 Å². The fourth-order valence-electron chi connectivity index (χ4n) is 12.3. The van der Waals surface area contributed by atoms with Gasteiger partial charge in [-0.15, -0.1) is 22.7 Å². The average Bonchev–Trinajstić information content (AvgIpc) is 4.03. The molecule has 0 unspecified atom stereocenters. The van der Waals surface area contributed by atoms with E-state index >= 15 is 0 Å². The van der Waals surface area contributed by atoms with Crippen LogP contribution in [0.5, 0.6) is 0 Å². The van der Waals surface area contributed by atoms with Gasteiger partial charge in [-0.05, 0) is 135 Å². The Labute approximate surface area is 412 Å². The van der Waals surface area contributed by atoms with Gasteiger partial charge in [-0.3, -0.25) is 0 Å². The van der Waals surface area contributed by atoms with Gasteiger partial charge in [0.1, 0.15) is 5.58 Å². The number of hydrogen-bond donors (Lipinski definition) is 0. The summed E-state index contributed by atoms with van der Waals surface area (Å²) in [5.74, 6) is 0. The maximum absolute atomic E-state index is 7.32. The lowest BCUT2D eigenvalue weighted by molar-refractivity contribution is 0.332. The highest BCUT2D eigenvalue weighted by Gasteiger charge is 2.49. The minimum absolute atomic E-state index is 0.0180. The molecule has 1 aliphatic carbocycles. The van der Waals surface area contributed by atoms with Gasteiger partial charge in [0.15, 0.2) is 5.58 Å². The first-order valence-corrected chi connectivity index (χ1v) is 26.3. The zero-order valence-corrected chi connectivity index (χ0v) is 42.2. The number of hydrogen-bond acceptors (Lipinski definition) is 5. The third-order valence-electron chi connectivity index (χ3n) is 16.2. The molecule has 0 radical (unpaired) electrons. The van der Waals surface area contributed by atoms with Crippen LogP contribution in [0, 0.1) is 6.92 Å². The van der Waals surface area contributed by atoms with Gasteiger partial charge in [-0.25, -0.2) is 0 Å². The number of nitrogens with zero attached hydrogens (tertiary/aromatic N) is 2. The van der Waals surface area contributed by atoms with Gasteiger partial charge in [0.05, 0.1) is 11.4 Å². The molecule has 336 valence electrons. The molecule has 3 nitrogen and oxygen atoms in total. The summed E-state index contributed by atoms with van der Waals surface area (Å²) in [5, 5.41) is 6.18. The molecule has 0 saturated carbocycles. The lowest BCUT2D eigenvalue weighted by atomic mass is 9.46. The summed E-state index contributed by atoms with van der Waals surface area (Å²) in [5.41, 5.74) is 19.9. The maximum Gasteiger partial charge on any atom is 0.343 e. The molecule has 0 spiro atoms. The molecule has 11 aromatic rings. The molecule has 2 aliphatic heterocycles. The van der Waals surface area contributed by atoms with E-state index in [-0.39, 0.29) is 23.1 Å². The second kappa shape index (κ2) is 14.2. The van der Waals surface area contributed by atoms with E-state index in [2.05, 4.69) is 217 Å². The second-order valence-corrected chi connectivity index (χ2v) is 24.5. The minimum Gasteiger partial charge on any atom is -0.454 e. The Morgan fingerprint density at radius 1 is 0.551 bits per heavy atom. The van der Waals surface area contributed by atoms with Gasteiger partial charge in [0.2, 0.25) is 0 Å². The predicted molar refractivity (Wildman–Crippen MR) is 300 cm³/mol. The third kappa shape index (κ3) is 5.91. The number of thiophene rings is 2. The molecule has 3 aromatic heterocycles. The van der Waals surface area contributed by atoms with Crippen LogP contribution in [0.2, 0.25) is 0 Å². The number of rotatable bonds is 3. The Kier molecular flexibility index (Phi) is 8.54. The molecular formula is C63H53BN2OS2. The van der Waals surface area contributed by atoms with E-state index in [9.17, 15) is 0 Å². The zero-order chi connectivity index (χ0) is 46.9. The van der Waals surface area contributed by atoms with Crippen molar-refractivity contribution in [3.05, 3.63) is 174 Å². The van der Waals surface area contributed by atoms with Crippen molar-refractivity contribution >= 4 is 120 Å². The summed E-state index contributed by atoms with van der Waals surface area (Å²) < 4.78 is 12.6. The van der Waals surface area contributed by atoms with Crippen LogP contribution in [0.1, 0.15) is 83.6 Å². The average molecular weight is 929 g/mol. The van der Waals surface area contributed by atoms with Crippen molar-refractivity contribution in [1.29, 1.82) is 0 Å². The first-order valence-electron chi connectivity index (χ1n) is 24.6. The van der Waals surface area contributed by atoms with Crippen LogP contribution in [-0.4, -0.2) is 6.85 Å². The van der Waals surface area contributed by atoms with E-state index in [0.717, 1.165) is 34.0 Å². The summed E-state index contributed by atoms with van der Waals surface area (Å²) >= 11 is 3.87. The molecular weight excluding hydrogens is 876 g/mol. The fraction of sp³-hybridized carbons (Fsp3) is 0.206.